The Morgan fingerprint density at radius 2 is 1.69 bits per heavy atom. The van der Waals surface area contributed by atoms with Gasteiger partial charge in [0.15, 0.2) is 0 Å². The zero-order chi connectivity index (χ0) is 17.9. The van der Waals surface area contributed by atoms with Gasteiger partial charge in [-0.15, -0.1) is 0 Å². The van der Waals surface area contributed by atoms with Crippen molar-refractivity contribution in [1.29, 1.82) is 0 Å². The molecule has 0 atom stereocenters. The molecule has 0 radical (unpaired) electrons. The van der Waals surface area contributed by atoms with Gasteiger partial charge in [-0.3, -0.25) is 4.98 Å². The average Bonchev–Trinajstić information content (AvgIpc) is 2.68. The Kier molecular flexibility index (Phi) is 4.23. The number of ether oxygens (including phenoxy) is 1. The largest absolute Gasteiger partial charge is 0.462 e. The summed E-state index contributed by atoms with van der Waals surface area (Å²) in [6.07, 6.45) is 1.58. The van der Waals surface area contributed by atoms with Gasteiger partial charge in [0.25, 0.3) is 0 Å². The smallest absolute Gasteiger partial charge is 0.341 e. The van der Waals surface area contributed by atoms with Gasteiger partial charge in [0.2, 0.25) is 0 Å². The van der Waals surface area contributed by atoms with Gasteiger partial charge in [-0.1, -0.05) is 54.6 Å². The van der Waals surface area contributed by atoms with Crippen molar-refractivity contribution in [3.63, 3.8) is 0 Å². The molecule has 1 heterocycles. The number of benzene rings is 3. The summed E-state index contributed by atoms with van der Waals surface area (Å²) in [4.78, 5) is 16.9. The second-order valence-electron chi connectivity index (χ2n) is 5.94. The van der Waals surface area contributed by atoms with Crippen LogP contribution in [-0.2, 0) is 4.74 Å². The molecule has 4 rings (SSSR count). The number of nitrogens with one attached hydrogen (secondary N) is 1. The van der Waals surface area contributed by atoms with Gasteiger partial charge in [0.05, 0.1) is 17.8 Å². The number of nitrogens with zero attached hydrogens (tertiary/aromatic N) is 1. The monoisotopic (exact) mass is 342 g/mol. The first-order valence-corrected chi connectivity index (χ1v) is 8.57. The first-order valence-electron chi connectivity index (χ1n) is 8.57. The van der Waals surface area contributed by atoms with Crippen LogP contribution in [0.3, 0.4) is 0 Å². The Bertz CT molecular complexity index is 1100. The summed E-state index contributed by atoms with van der Waals surface area (Å²) in [6, 6.07) is 22.0. The molecule has 1 aromatic heterocycles. The summed E-state index contributed by atoms with van der Waals surface area (Å²) >= 11 is 0. The van der Waals surface area contributed by atoms with Crippen molar-refractivity contribution in [3.05, 3.63) is 78.5 Å². The fourth-order valence-electron chi connectivity index (χ4n) is 3.11. The summed E-state index contributed by atoms with van der Waals surface area (Å²) in [5, 5.41) is 6.56. The highest BCUT2D eigenvalue weighted by atomic mass is 16.5. The topological polar surface area (TPSA) is 51.2 Å². The third-order valence-corrected chi connectivity index (χ3v) is 4.32. The summed E-state index contributed by atoms with van der Waals surface area (Å²) in [7, 11) is 0. The first-order chi connectivity index (χ1) is 12.8. The standard InChI is InChI=1S/C22H18N2O2/c1-2-26-22(25)18-14-23-19-12-6-5-11-17(19)21(18)24-20-13-7-9-15-8-3-4-10-16(15)20/h3-14H,2H2,1H3,(H,23,24). The molecule has 0 fully saturated rings. The number of carbonyl (C=O) groups excluding carboxylic acids is 1. The Balaban J connectivity index is 1.91. The molecular weight excluding hydrogens is 324 g/mol. The van der Waals surface area contributed by atoms with Gasteiger partial charge in [0.1, 0.15) is 5.56 Å². The zero-order valence-corrected chi connectivity index (χ0v) is 14.4. The van der Waals surface area contributed by atoms with Crippen LogP contribution in [0, 0.1) is 0 Å². The van der Waals surface area contributed by atoms with Crippen molar-refractivity contribution < 1.29 is 9.53 Å². The van der Waals surface area contributed by atoms with Gasteiger partial charge in [0, 0.05) is 22.7 Å². The van der Waals surface area contributed by atoms with E-state index in [4.69, 9.17) is 4.74 Å². The molecule has 1 N–H and O–H groups in total. The van der Waals surface area contributed by atoms with E-state index in [2.05, 4.69) is 28.5 Å². The minimum atomic E-state index is -0.381. The normalized spacial score (nSPS) is 10.8. The van der Waals surface area contributed by atoms with Crippen LogP contribution >= 0.6 is 0 Å². The van der Waals surface area contributed by atoms with Crippen LogP contribution in [0.2, 0.25) is 0 Å². The Morgan fingerprint density at radius 1 is 0.962 bits per heavy atom. The number of aromatic nitrogens is 1. The molecule has 0 aliphatic heterocycles. The van der Waals surface area contributed by atoms with Crippen molar-refractivity contribution in [2.24, 2.45) is 0 Å². The molecular formula is C22H18N2O2. The summed E-state index contributed by atoms with van der Waals surface area (Å²) < 4.78 is 5.22. The van der Waals surface area contributed by atoms with Crippen LogP contribution in [0.1, 0.15) is 17.3 Å². The predicted molar refractivity (Wildman–Crippen MR) is 105 cm³/mol. The van der Waals surface area contributed by atoms with E-state index < -0.39 is 0 Å². The van der Waals surface area contributed by atoms with E-state index in [1.807, 2.05) is 48.5 Å². The Labute approximate surface area is 151 Å². The summed E-state index contributed by atoms with van der Waals surface area (Å²) in [5.41, 5.74) is 2.90. The van der Waals surface area contributed by atoms with E-state index in [0.29, 0.717) is 17.9 Å². The number of fused-ring (bicyclic) bond motifs is 2. The number of rotatable bonds is 4. The number of para-hydroxylation sites is 1. The number of esters is 1. The van der Waals surface area contributed by atoms with Crippen LogP contribution in [0.15, 0.2) is 72.9 Å². The lowest BCUT2D eigenvalue weighted by Crippen LogP contribution is -2.09. The maximum absolute atomic E-state index is 12.5. The molecule has 128 valence electrons. The molecule has 0 saturated heterocycles. The molecule has 0 bridgehead atoms. The molecule has 0 unspecified atom stereocenters. The maximum atomic E-state index is 12.5. The van der Waals surface area contributed by atoms with E-state index in [0.717, 1.165) is 27.4 Å². The molecule has 0 spiro atoms. The predicted octanol–water partition coefficient (Wildman–Crippen LogP) is 5.31. The number of pyridine rings is 1. The van der Waals surface area contributed by atoms with Gasteiger partial charge >= 0.3 is 5.97 Å². The Morgan fingerprint density at radius 3 is 2.54 bits per heavy atom. The van der Waals surface area contributed by atoms with E-state index >= 15 is 0 Å². The second-order valence-corrected chi connectivity index (χ2v) is 5.94. The third-order valence-electron chi connectivity index (χ3n) is 4.32. The second kappa shape index (κ2) is 6.84. The molecule has 4 heteroatoms. The number of hydrogen-bond acceptors (Lipinski definition) is 4. The fourth-order valence-corrected chi connectivity index (χ4v) is 3.11. The van der Waals surface area contributed by atoms with Crippen molar-refractivity contribution in [3.8, 4) is 0 Å². The highest BCUT2D eigenvalue weighted by Crippen LogP contribution is 2.32. The van der Waals surface area contributed by atoms with Gasteiger partial charge in [-0.05, 0) is 24.4 Å². The molecule has 3 aromatic carbocycles. The van der Waals surface area contributed by atoms with Crippen LogP contribution in [0.4, 0.5) is 11.4 Å². The van der Waals surface area contributed by atoms with Gasteiger partial charge in [-0.25, -0.2) is 4.79 Å². The van der Waals surface area contributed by atoms with Crippen LogP contribution in [0.25, 0.3) is 21.7 Å². The van der Waals surface area contributed by atoms with Crippen molar-refractivity contribution in [1.82, 2.24) is 4.98 Å². The summed E-state index contributed by atoms with van der Waals surface area (Å²) in [5.74, 6) is -0.381. The van der Waals surface area contributed by atoms with Crippen molar-refractivity contribution >= 4 is 39.0 Å². The van der Waals surface area contributed by atoms with E-state index in [1.165, 1.54) is 0 Å². The van der Waals surface area contributed by atoms with Crippen LogP contribution in [-0.4, -0.2) is 17.6 Å². The average molecular weight is 342 g/mol. The molecule has 26 heavy (non-hydrogen) atoms. The number of anilines is 2. The minimum absolute atomic E-state index is 0.319. The molecule has 0 aliphatic carbocycles. The molecule has 0 saturated carbocycles. The van der Waals surface area contributed by atoms with Crippen LogP contribution in [0.5, 0.6) is 0 Å². The molecule has 4 aromatic rings. The number of carbonyl (C=O) groups is 1. The highest BCUT2D eigenvalue weighted by Gasteiger charge is 2.17. The first kappa shape index (κ1) is 16.1. The lowest BCUT2D eigenvalue weighted by molar-refractivity contribution is 0.0527. The lowest BCUT2D eigenvalue weighted by Gasteiger charge is -2.15. The van der Waals surface area contributed by atoms with E-state index in [-0.39, 0.29) is 5.97 Å². The fraction of sp³-hybridized carbons (Fsp3) is 0.0909. The Hall–Kier alpha value is -3.40. The maximum Gasteiger partial charge on any atom is 0.341 e. The third kappa shape index (κ3) is 2.86. The summed E-state index contributed by atoms with van der Waals surface area (Å²) in [6.45, 7) is 2.11. The quantitative estimate of drug-likeness (QED) is 0.511. The molecule has 4 nitrogen and oxygen atoms in total. The zero-order valence-electron chi connectivity index (χ0n) is 14.4. The van der Waals surface area contributed by atoms with Crippen LogP contribution < -0.4 is 5.32 Å². The SMILES string of the molecule is CCOC(=O)c1cnc2ccccc2c1Nc1cccc2ccccc12. The van der Waals surface area contributed by atoms with E-state index in [1.54, 1.807) is 13.1 Å². The minimum Gasteiger partial charge on any atom is -0.462 e. The molecule has 0 amide bonds. The van der Waals surface area contributed by atoms with Crippen molar-refractivity contribution in [2.45, 2.75) is 6.92 Å². The lowest BCUT2D eigenvalue weighted by atomic mass is 10.1. The van der Waals surface area contributed by atoms with Gasteiger partial charge in [-0.2, -0.15) is 0 Å². The van der Waals surface area contributed by atoms with Gasteiger partial charge < -0.3 is 10.1 Å². The highest BCUT2D eigenvalue weighted by molar-refractivity contribution is 6.07. The van der Waals surface area contributed by atoms with E-state index in [9.17, 15) is 4.79 Å². The number of hydrogen-bond donors (Lipinski definition) is 1. The van der Waals surface area contributed by atoms with Crippen molar-refractivity contribution in [2.75, 3.05) is 11.9 Å². The molecule has 0 aliphatic rings.